The number of carbonyl (C=O) groups excluding carboxylic acids is 1. The number of para-hydroxylation sites is 1. The van der Waals surface area contributed by atoms with Gasteiger partial charge in [0.2, 0.25) is 0 Å². The molecule has 178 valence electrons. The van der Waals surface area contributed by atoms with Crippen molar-refractivity contribution in [3.05, 3.63) is 71.2 Å². The number of ether oxygens (including phenoxy) is 1. The Bertz CT molecular complexity index is 1290. The third-order valence-electron chi connectivity index (χ3n) is 6.01. The molecular weight excluding hydrogens is 430 g/mol. The molecular formula is C27H31N3O4. The minimum atomic E-state index is -0.444. The number of aryl methyl sites for hydroxylation is 3. The number of aliphatic hydroxyl groups excluding tert-OH is 1. The monoisotopic (exact) mass is 461 g/mol. The Hall–Kier alpha value is -3.58. The van der Waals surface area contributed by atoms with E-state index in [1.54, 1.807) is 6.07 Å². The molecule has 0 aliphatic heterocycles. The lowest BCUT2D eigenvalue weighted by Crippen LogP contribution is -2.39. The first-order valence-electron chi connectivity index (χ1n) is 11.6. The summed E-state index contributed by atoms with van der Waals surface area (Å²) >= 11 is 0. The van der Waals surface area contributed by atoms with E-state index < -0.39 is 6.04 Å². The van der Waals surface area contributed by atoms with E-state index in [1.165, 1.54) is 0 Å². The summed E-state index contributed by atoms with van der Waals surface area (Å²) in [6.45, 7) is 6.07. The van der Waals surface area contributed by atoms with Crippen LogP contribution in [0.4, 0.5) is 0 Å². The molecule has 0 spiro atoms. The molecule has 4 rings (SSSR count). The van der Waals surface area contributed by atoms with Crippen LogP contribution in [0.5, 0.6) is 5.75 Å². The van der Waals surface area contributed by atoms with Crippen molar-refractivity contribution in [3.8, 4) is 16.9 Å². The lowest BCUT2D eigenvalue weighted by molar-refractivity contribution is 0.0912. The summed E-state index contributed by atoms with van der Waals surface area (Å²) in [5.41, 5.74) is 5.07. The van der Waals surface area contributed by atoms with Crippen molar-refractivity contribution in [3.63, 3.8) is 0 Å². The minimum Gasteiger partial charge on any atom is -0.493 e. The second-order valence-corrected chi connectivity index (χ2v) is 8.60. The lowest BCUT2D eigenvalue weighted by Gasteiger charge is -2.18. The Kier molecular flexibility index (Phi) is 7.03. The highest BCUT2D eigenvalue weighted by Gasteiger charge is 2.21. The van der Waals surface area contributed by atoms with Gasteiger partial charge in [-0.05, 0) is 56.0 Å². The summed E-state index contributed by atoms with van der Waals surface area (Å²) in [7, 11) is 2.00. The number of hydrogen-bond acceptors (Lipinski definition) is 5. The standard InChI is InChI=1S/C27H31N3O4/c1-5-12-33-25-11-10-19(26-17(2)29-34-18(26)3)14-23(25)27(32)28-21(16-31)13-20-15-30(4)24-9-7-6-8-22(20)24/h6-11,14-15,21,31H,5,12-13,16H2,1-4H3,(H,28,32)/t21-/m1/s1. The van der Waals surface area contributed by atoms with Crippen LogP contribution in [0.25, 0.3) is 22.0 Å². The zero-order valence-electron chi connectivity index (χ0n) is 20.1. The van der Waals surface area contributed by atoms with E-state index in [-0.39, 0.29) is 12.5 Å². The Morgan fingerprint density at radius 2 is 2.03 bits per heavy atom. The third-order valence-corrected chi connectivity index (χ3v) is 6.01. The highest BCUT2D eigenvalue weighted by atomic mass is 16.5. The third kappa shape index (κ3) is 4.70. The van der Waals surface area contributed by atoms with E-state index in [9.17, 15) is 9.90 Å². The summed E-state index contributed by atoms with van der Waals surface area (Å²) in [6.07, 6.45) is 3.39. The molecule has 0 saturated carbocycles. The van der Waals surface area contributed by atoms with Gasteiger partial charge in [-0.1, -0.05) is 36.3 Å². The van der Waals surface area contributed by atoms with Gasteiger partial charge >= 0.3 is 0 Å². The van der Waals surface area contributed by atoms with Gasteiger partial charge in [-0.2, -0.15) is 0 Å². The number of rotatable bonds is 9. The molecule has 7 nitrogen and oxygen atoms in total. The molecule has 0 saturated heterocycles. The second-order valence-electron chi connectivity index (χ2n) is 8.60. The maximum absolute atomic E-state index is 13.4. The van der Waals surface area contributed by atoms with Crippen LogP contribution in [0.3, 0.4) is 0 Å². The zero-order chi connectivity index (χ0) is 24.2. The number of aromatic nitrogens is 2. The van der Waals surface area contributed by atoms with E-state index in [0.717, 1.165) is 39.7 Å². The molecule has 1 atom stereocenters. The Labute approximate surface area is 199 Å². The van der Waals surface area contributed by atoms with Crippen molar-refractivity contribution in [1.82, 2.24) is 15.0 Å². The summed E-state index contributed by atoms with van der Waals surface area (Å²) in [5.74, 6) is 0.908. The molecule has 4 aromatic rings. The fourth-order valence-corrected chi connectivity index (χ4v) is 4.37. The predicted molar refractivity (Wildman–Crippen MR) is 132 cm³/mol. The molecule has 0 radical (unpaired) electrons. The Morgan fingerprint density at radius 1 is 1.24 bits per heavy atom. The van der Waals surface area contributed by atoms with Gasteiger partial charge < -0.3 is 24.3 Å². The molecule has 0 aliphatic rings. The second kappa shape index (κ2) is 10.1. The van der Waals surface area contributed by atoms with Crippen LogP contribution in [0, 0.1) is 13.8 Å². The predicted octanol–water partition coefficient (Wildman–Crippen LogP) is 4.57. The summed E-state index contributed by atoms with van der Waals surface area (Å²) in [6, 6.07) is 13.2. The van der Waals surface area contributed by atoms with Crippen LogP contribution >= 0.6 is 0 Å². The normalized spacial score (nSPS) is 12.1. The summed E-state index contributed by atoms with van der Waals surface area (Å²) in [5, 5.41) is 18.2. The molecule has 0 bridgehead atoms. The van der Waals surface area contributed by atoms with Crippen molar-refractivity contribution in [2.75, 3.05) is 13.2 Å². The first-order valence-corrected chi connectivity index (χ1v) is 11.6. The molecule has 1 amide bonds. The molecule has 0 aliphatic carbocycles. The highest BCUT2D eigenvalue weighted by molar-refractivity contribution is 5.98. The number of fused-ring (bicyclic) bond motifs is 1. The van der Waals surface area contributed by atoms with Crippen LogP contribution in [0.15, 0.2) is 53.2 Å². The Morgan fingerprint density at radius 3 is 2.74 bits per heavy atom. The van der Waals surface area contributed by atoms with Crippen LogP contribution in [0.2, 0.25) is 0 Å². The van der Waals surface area contributed by atoms with E-state index in [2.05, 4.69) is 27.2 Å². The smallest absolute Gasteiger partial charge is 0.255 e. The SMILES string of the molecule is CCCOc1ccc(-c2c(C)noc2C)cc1C(=O)N[C@@H](CO)Cc1cn(C)c2ccccc12. The maximum Gasteiger partial charge on any atom is 0.255 e. The Balaban J connectivity index is 1.62. The number of benzene rings is 2. The molecule has 2 heterocycles. The van der Waals surface area contributed by atoms with Crippen LogP contribution in [-0.4, -0.2) is 40.0 Å². The highest BCUT2D eigenvalue weighted by Crippen LogP contribution is 2.31. The largest absolute Gasteiger partial charge is 0.493 e. The van der Waals surface area contributed by atoms with Crippen LogP contribution < -0.4 is 10.1 Å². The summed E-state index contributed by atoms with van der Waals surface area (Å²) < 4.78 is 13.2. The molecule has 2 aromatic heterocycles. The molecule has 2 aromatic carbocycles. The summed E-state index contributed by atoms with van der Waals surface area (Å²) in [4.78, 5) is 13.4. The fraction of sp³-hybridized carbons (Fsp3) is 0.333. The first-order chi connectivity index (χ1) is 16.4. The van der Waals surface area contributed by atoms with Gasteiger partial charge in [-0.15, -0.1) is 0 Å². The quantitative estimate of drug-likeness (QED) is 0.381. The van der Waals surface area contributed by atoms with Crippen LogP contribution in [-0.2, 0) is 13.5 Å². The number of amides is 1. The molecule has 0 fully saturated rings. The van der Waals surface area contributed by atoms with Gasteiger partial charge in [-0.3, -0.25) is 4.79 Å². The average Bonchev–Trinajstić information content (AvgIpc) is 3.35. The van der Waals surface area contributed by atoms with E-state index in [0.29, 0.717) is 30.1 Å². The minimum absolute atomic E-state index is 0.177. The molecule has 2 N–H and O–H groups in total. The number of carbonyl (C=O) groups is 1. The van der Waals surface area contributed by atoms with Gasteiger partial charge in [0.05, 0.1) is 30.5 Å². The molecule has 7 heteroatoms. The van der Waals surface area contributed by atoms with E-state index in [4.69, 9.17) is 9.26 Å². The number of nitrogens with zero attached hydrogens (tertiary/aromatic N) is 2. The first kappa shape index (κ1) is 23.6. The van der Waals surface area contributed by atoms with Gasteiger partial charge in [-0.25, -0.2) is 0 Å². The van der Waals surface area contributed by atoms with Crippen LogP contribution in [0.1, 0.15) is 40.7 Å². The van der Waals surface area contributed by atoms with Gasteiger partial charge in [0.15, 0.2) is 0 Å². The topological polar surface area (TPSA) is 89.5 Å². The molecule has 34 heavy (non-hydrogen) atoms. The average molecular weight is 462 g/mol. The van der Waals surface area contributed by atoms with Crippen molar-refractivity contribution >= 4 is 16.8 Å². The van der Waals surface area contributed by atoms with Crippen molar-refractivity contribution in [1.29, 1.82) is 0 Å². The number of nitrogens with one attached hydrogen (secondary N) is 1. The number of hydrogen-bond donors (Lipinski definition) is 2. The van der Waals surface area contributed by atoms with Gasteiger partial charge in [0.1, 0.15) is 11.5 Å². The lowest BCUT2D eigenvalue weighted by atomic mass is 10.00. The van der Waals surface area contributed by atoms with Crippen molar-refractivity contribution in [2.45, 2.75) is 39.7 Å². The van der Waals surface area contributed by atoms with Crippen molar-refractivity contribution < 1.29 is 19.2 Å². The zero-order valence-corrected chi connectivity index (χ0v) is 20.1. The fourth-order valence-electron chi connectivity index (χ4n) is 4.37. The molecule has 0 unspecified atom stereocenters. The van der Waals surface area contributed by atoms with E-state index in [1.807, 2.05) is 58.3 Å². The number of aliphatic hydroxyl groups is 1. The maximum atomic E-state index is 13.4. The van der Waals surface area contributed by atoms with E-state index >= 15 is 0 Å². The van der Waals surface area contributed by atoms with Gasteiger partial charge in [0, 0.05) is 29.7 Å². The van der Waals surface area contributed by atoms with Crippen molar-refractivity contribution in [2.24, 2.45) is 7.05 Å². The van der Waals surface area contributed by atoms with Gasteiger partial charge in [0.25, 0.3) is 5.91 Å².